The van der Waals surface area contributed by atoms with Gasteiger partial charge in [-0.05, 0) is 6.42 Å². The smallest absolute Gasteiger partial charge is 0.334 e. The van der Waals surface area contributed by atoms with Crippen molar-refractivity contribution in [2.45, 2.75) is 42.7 Å². The number of nitrogens with one attached hydrogen (secondary N) is 2. The number of hydrogen-bond donors (Lipinski definition) is 8. The van der Waals surface area contributed by atoms with E-state index in [4.69, 9.17) is 34.4 Å². The van der Waals surface area contributed by atoms with Gasteiger partial charge < -0.3 is 54.8 Å². The van der Waals surface area contributed by atoms with E-state index < -0.39 is 84.0 Å². The standard InChI is InChI=1S/C18H30N12O6/c19-13(31)11-12(14(20)32)29(17(23)35)10-8(28(11)16(22)34)6-3-25-4-26-7(6)5-1-2-27(15(21)33)30(9(5)10)18(24)36/h5-12,25-26H,1-4H2,(H2,19,31)(H2,20,32)(H2,21,33)(H2,22,34)(H2,23,35)(H2,24,36). The fourth-order valence-electron chi connectivity index (χ4n) is 6.66. The molecule has 36 heavy (non-hydrogen) atoms. The van der Waals surface area contributed by atoms with Crippen LogP contribution in [0.3, 0.4) is 0 Å². The summed E-state index contributed by atoms with van der Waals surface area (Å²) in [6, 6.07) is -11.7. The second kappa shape index (κ2) is 8.86. The summed E-state index contributed by atoms with van der Waals surface area (Å²) >= 11 is 0. The van der Waals surface area contributed by atoms with E-state index in [2.05, 4.69) is 10.6 Å². The molecule has 18 nitrogen and oxygen atoms in total. The molecule has 18 heteroatoms. The lowest BCUT2D eigenvalue weighted by atomic mass is 9.63. The number of amides is 10. The van der Waals surface area contributed by atoms with Crippen molar-refractivity contribution in [1.82, 2.24) is 30.5 Å². The van der Waals surface area contributed by atoms with Gasteiger partial charge in [0.1, 0.15) is 12.1 Å². The Morgan fingerprint density at radius 1 is 0.667 bits per heavy atom. The third kappa shape index (κ3) is 3.56. The maximum absolute atomic E-state index is 12.9. The highest BCUT2D eigenvalue weighted by molar-refractivity contribution is 5.97. The lowest BCUT2D eigenvalue weighted by Gasteiger charge is -2.65. The predicted molar refractivity (Wildman–Crippen MR) is 119 cm³/mol. The first-order chi connectivity index (χ1) is 16.9. The van der Waals surface area contributed by atoms with Crippen molar-refractivity contribution in [3.8, 4) is 0 Å². The average Bonchev–Trinajstić information content (AvgIpc) is 2.80. The zero-order valence-corrected chi connectivity index (χ0v) is 19.1. The van der Waals surface area contributed by atoms with Crippen LogP contribution in [0.5, 0.6) is 0 Å². The van der Waals surface area contributed by atoms with Gasteiger partial charge >= 0.3 is 24.1 Å². The Bertz CT molecular complexity index is 1000. The first kappa shape index (κ1) is 25.0. The summed E-state index contributed by atoms with van der Waals surface area (Å²) in [4.78, 5) is 77.6. The highest BCUT2D eigenvalue weighted by Gasteiger charge is 2.66. The summed E-state index contributed by atoms with van der Waals surface area (Å²) in [6.07, 6.45) is 0.318. The SMILES string of the molecule is NC(=O)C1C(C(N)=O)N(C(N)=O)C2C(C3CNCNC3C3CCN(C(N)=O)N(C(N)=O)C32)N1C(N)=O. The van der Waals surface area contributed by atoms with Crippen LogP contribution in [0.15, 0.2) is 0 Å². The molecular weight excluding hydrogens is 480 g/mol. The summed E-state index contributed by atoms with van der Waals surface area (Å²) in [5, 5.41) is 8.26. The summed E-state index contributed by atoms with van der Waals surface area (Å²) in [7, 11) is 0. The second-order valence-electron chi connectivity index (χ2n) is 9.28. The number of carbonyl (C=O) groups is 6. The zero-order valence-electron chi connectivity index (χ0n) is 19.1. The highest BCUT2D eigenvalue weighted by atomic mass is 16.2. The quantitative estimate of drug-likeness (QED) is 0.177. The van der Waals surface area contributed by atoms with Crippen molar-refractivity contribution in [3.05, 3.63) is 0 Å². The molecule has 0 aromatic rings. The van der Waals surface area contributed by atoms with Gasteiger partial charge in [0.25, 0.3) is 0 Å². The zero-order chi connectivity index (χ0) is 26.6. The Balaban J connectivity index is 2.00. The molecule has 3 aliphatic heterocycles. The average molecular weight is 511 g/mol. The number of piperazine rings is 1. The minimum atomic E-state index is -1.81. The number of rotatable bonds is 2. The number of carbonyl (C=O) groups excluding carboxylic acids is 6. The molecule has 3 saturated heterocycles. The van der Waals surface area contributed by atoms with Gasteiger partial charge in [0.05, 0.1) is 18.1 Å². The van der Waals surface area contributed by atoms with E-state index in [1.54, 1.807) is 0 Å². The van der Waals surface area contributed by atoms with Crippen molar-refractivity contribution in [3.63, 3.8) is 0 Å². The maximum atomic E-state index is 12.9. The van der Waals surface area contributed by atoms with Gasteiger partial charge in [-0.3, -0.25) is 9.59 Å². The molecule has 0 aromatic carbocycles. The molecule has 0 aromatic heterocycles. The van der Waals surface area contributed by atoms with Crippen LogP contribution < -0.4 is 45.0 Å². The van der Waals surface area contributed by atoms with E-state index in [0.717, 1.165) is 19.8 Å². The second-order valence-corrected chi connectivity index (χ2v) is 9.28. The van der Waals surface area contributed by atoms with Crippen molar-refractivity contribution in [2.75, 3.05) is 19.8 Å². The van der Waals surface area contributed by atoms with Crippen molar-refractivity contribution in [1.29, 1.82) is 0 Å². The van der Waals surface area contributed by atoms with Gasteiger partial charge in [-0.15, -0.1) is 0 Å². The molecular formula is C18H30N12O6. The lowest BCUT2D eigenvalue weighted by molar-refractivity contribution is -0.168. The van der Waals surface area contributed by atoms with Crippen LogP contribution in [-0.4, -0.2) is 112 Å². The molecule has 4 aliphatic rings. The van der Waals surface area contributed by atoms with Gasteiger partial charge in [0, 0.05) is 37.6 Å². The van der Waals surface area contributed by atoms with Crippen LogP contribution in [0.2, 0.25) is 0 Å². The van der Waals surface area contributed by atoms with Crippen LogP contribution in [-0.2, 0) is 9.59 Å². The van der Waals surface area contributed by atoms with Crippen molar-refractivity contribution in [2.24, 2.45) is 46.2 Å². The third-order valence-electron chi connectivity index (χ3n) is 7.67. The fourth-order valence-corrected chi connectivity index (χ4v) is 6.66. The minimum absolute atomic E-state index is 0.0361. The Labute approximate surface area is 204 Å². The molecule has 0 bridgehead atoms. The van der Waals surface area contributed by atoms with Crippen LogP contribution in [0, 0.1) is 11.8 Å². The summed E-state index contributed by atoms with van der Waals surface area (Å²) in [5.41, 5.74) is 33.8. The molecule has 1 saturated carbocycles. The maximum Gasteiger partial charge on any atom is 0.334 e. The first-order valence-electron chi connectivity index (χ1n) is 11.2. The summed E-state index contributed by atoms with van der Waals surface area (Å²) in [5.74, 6) is -3.28. The van der Waals surface area contributed by atoms with Crippen LogP contribution in [0.4, 0.5) is 19.2 Å². The topological polar surface area (TPSA) is 296 Å². The van der Waals surface area contributed by atoms with E-state index in [-0.39, 0.29) is 6.54 Å². The summed E-state index contributed by atoms with van der Waals surface area (Å²) < 4.78 is 0. The van der Waals surface area contributed by atoms with Crippen LogP contribution in [0.1, 0.15) is 6.42 Å². The van der Waals surface area contributed by atoms with Crippen LogP contribution >= 0.6 is 0 Å². The highest BCUT2D eigenvalue weighted by Crippen LogP contribution is 2.46. The third-order valence-corrected chi connectivity index (χ3v) is 7.67. The summed E-state index contributed by atoms with van der Waals surface area (Å²) in [6.45, 7) is 0.715. The number of primary amides is 6. The number of fused-ring (bicyclic) bond motifs is 6. The largest absolute Gasteiger partial charge is 0.368 e. The van der Waals surface area contributed by atoms with Gasteiger partial charge in [0.2, 0.25) is 11.8 Å². The van der Waals surface area contributed by atoms with E-state index in [9.17, 15) is 28.8 Å². The van der Waals surface area contributed by atoms with E-state index in [1.165, 1.54) is 0 Å². The molecule has 198 valence electrons. The van der Waals surface area contributed by atoms with Crippen molar-refractivity contribution < 1.29 is 28.8 Å². The first-order valence-corrected chi connectivity index (χ1v) is 11.2. The molecule has 8 atom stereocenters. The Kier molecular flexibility index (Phi) is 6.17. The van der Waals surface area contributed by atoms with E-state index in [0.29, 0.717) is 19.6 Å². The fraction of sp³-hybridized carbons (Fsp3) is 0.667. The number of nitrogens with two attached hydrogens (primary N) is 6. The monoisotopic (exact) mass is 510 g/mol. The van der Waals surface area contributed by atoms with E-state index in [1.807, 2.05) is 0 Å². The minimum Gasteiger partial charge on any atom is -0.368 e. The molecule has 14 N–H and O–H groups in total. The molecule has 4 rings (SSSR count). The molecule has 10 amide bonds. The molecule has 3 heterocycles. The van der Waals surface area contributed by atoms with Crippen molar-refractivity contribution >= 4 is 35.9 Å². The lowest BCUT2D eigenvalue weighted by Crippen LogP contribution is -2.87. The van der Waals surface area contributed by atoms with Gasteiger partial charge in [-0.1, -0.05) is 0 Å². The molecule has 0 spiro atoms. The Morgan fingerprint density at radius 2 is 1.22 bits per heavy atom. The normalized spacial score (nSPS) is 35.7. The molecule has 1 aliphatic carbocycles. The number of nitrogens with zero attached hydrogens (tertiary/aromatic N) is 4. The Hall–Kier alpha value is -4.06. The Morgan fingerprint density at radius 3 is 1.69 bits per heavy atom. The van der Waals surface area contributed by atoms with E-state index >= 15 is 0 Å². The number of hydrogen-bond acceptors (Lipinski definition) is 8. The molecule has 8 unspecified atom stereocenters. The predicted octanol–water partition coefficient (Wildman–Crippen LogP) is -5.58. The number of urea groups is 4. The van der Waals surface area contributed by atoms with Crippen LogP contribution in [0.25, 0.3) is 0 Å². The van der Waals surface area contributed by atoms with Gasteiger partial charge in [-0.25, -0.2) is 29.2 Å². The molecule has 4 fully saturated rings. The molecule has 0 radical (unpaired) electrons. The number of hydrazine groups is 1. The van der Waals surface area contributed by atoms with Gasteiger partial charge in [0.15, 0.2) is 0 Å². The van der Waals surface area contributed by atoms with Gasteiger partial charge in [-0.2, -0.15) is 0 Å².